The first kappa shape index (κ1) is 12.4. The minimum absolute atomic E-state index is 0.273. The van der Waals surface area contributed by atoms with Gasteiger partial charge in [0.1, 0.15) is 0 Å². The highest BCUT2D eigenvalue weighted by molar-refractivity contribution is 7.39. The second-order valence-electron chi connectivity index (χ2n) is 6.36. The number of para-hydroxylation sites is 1. The van der Waals surface area contributed by atoms with Crippen molar-refractivity contribution in [2.75, 3.05) is 11.6 Å². The predicted molar refractivity (Wildman–Crippen MR) is 80.8 cm³/mol. The minimum Gasteiger partial charge on any atom is -0.378 e. The molecule has 0 saturated carbocycles. The maximum Gasteiger partial charge on any atom is 0.0514 e. The molecular formula is C15H23N2P. The molecule has 1 fully saturated rings. The quantitative estimate of drug-likeness (QED) is 0.698. The van der Waals surface area contributed by atoms with E-state index < -0.39 is 0 Å². The van der Waals surface area contributed by atoms with E-state index in [4.69, 9.17) is 0 Å². The van der Waals surface area contributed by atoms with Gasteiger partial charge in [0.2, 0.25) is 0 Å². The van der Waals surface area contributed by atoms with E-state index in [0.29, 0.717) is 11.7 Å². The van der Waals surface area contributed by atoms with Crippen LogP contribution in [0.3, 0.4) is 0 Å². The van der Waals surface area contributed by atoms with Crippen molar-refractivity contribution in [3.8, 4) is 0 Å². The fraction of sp³-hybridized carbons (Fsp3) is 0.600. The van der Waals surface area contributed by atoms with Crippen LogP contribution in [0.25, 0.3) is 0 Å². The van der Waals surface area contributed by atoms with Crippen LogP contribution in [0.1, 0.15) is 38.7 Å². The molecule has 4 atom stereocenters. The van der Waals surface area contributed by atoms with Crippen molar-refractivity contribution in [3.05, 3.63) is 29.8 Å². The SMILES string of the molecule is CC1CC(C)(C)NCP[C@@H]2Nc3ccccc3[C@H]12. The molecular weight excluding hydrogens is 239 g/mol. The molecule has 0 spiro atoms. The smallest absolute Gasteiger partial charge is 0.0514 e. The molecule has 0 aliphatic carbocycles. The predicted octanol–water partition coefficient (Wildman–Crippen LogP) is 3.57. The highest BCUT2D eigenvalue weighted by atomic mass is 31.1. The molecule has 1 saturated heterocycles. The Morgan fingerprint density at radius 2 is 2.06 bits per heavy atom. The van der Waals surface area contributed by atoms with Gasteiger partial charge in [-0.3, -0.25) is 0 Å². The first-order valence-corrected chi connectivity index (χ1v) is 8.19. The van der Waals surface area contributed by atoms with E-state index in [1.54, 1.807) is 5.56 Å². The van der Waals surface area contributed by atoms with Gasteiger partial charge in [-0.05, 0) is 37.8 Å². The lowest BCUT2D eigenvalue weighted by Crippen LogP contribution is -2.44. The van der Waals surface area contributed by atoms with Crippen LogP contribution in [-0.4, -0.2) is 17.6 Å². The Balaban J connectivity index is 1.93. The number of nitrogens with one attached hydrogen (secondary N) is 2. The van der Waals surface area contributed by atoms with E-state index in [2.05, 4.69) is 55.7 Å². The van der Waals surface area contributed by atoms with Crippen LogP contribution in [0.4, 0.5) is 5.69 Å². The summed E-state index contributed by atoms with van der Waals surface area (Å²) in [6, 6.07) is 8.87. The summed E-state index contributed by atoms with van der Waals surface area (Å²) in [7, 11) is 0.951. The van der Waals surface area contributed by atoms with Gasteiger partial charge in [0.25, 0.3) is 0 Å². The zero-order chi connectivity index (χ0) is 12.8. The molecule has 3 rings (SSSR count). The van der Waals surface area contributed by atoms with Crippen LogP contribution in [-0.2, 0) is 0 Å². The van der Waals surface area contributed by atoms with Crippen LogP contribution in [0.2, 0.25) is 0 Å². The van der Waals surface area contributed by atoms with Gasteiger partial charge >= 0.3 is 0 Å². The molecule has 2 unspecified atom stereocenters. The monoisotopic (exact) mass is 262 g/mol. The van der Waals surface area contributed by atoms with E-state index in [9.17, 15) is 0 Å². The number of anilines is 1. The Morgan fingerprint density at radius 3 is 2.89 bits per heavy atom. The number of hydrogen-bond donors (Lipinski definition) is 2. The second-order valence-corrected chi connectivity index (χ2v) is 7.74. The Bertz CT molecular complexity index is 444. The van der Waals surface area contributed by atoms with E-state index in [-0.39, 0.29) is 5.54 Å². The molecule has 1 aromatic carbocycles. The molecule has 0 bridgehead atoms. The van der Waals surface area contributed by atoms with E-state index in [1.807, 2.05) is 0 Å². The van der Waals surface area contributed by atoms with E-state index >= 15 is 0 Å². The number of benzene rings is 1. The summed E-state index contributed by atoms with van der Waals surface area (Å²) in [4.78, 5) is 0. The Morgan fingerprint density at radius 1 is 1.28 bits per heavy atom. The van der Waals surface area contributed by atoms with Crippen molar-refractivity contribution < 1.29 is 0 Å². The number of fused-ring (bicyclic) bond motifs is 3. The molecule has 0 radical (unpaired) electrons. The van der Waals surface area contributed by atoms with Crippen molar-refractivity contribution in [2.45, 2.75) is 44.4 Å². The van der Waals surface area contributed by atoms with Gasteiger partial charge in [0.05, 0.1) is 5.78 Å². The third kappa shape index (κ3) is 2.17. The average Bonchev–Trinajstić information content (AvgIpc) is 2.64. The lowest BCUT2D eigenvalue weighted by atomic mass is 9.80. The summed E-state index contributed by atoms with van der Waals surface area (Å²) >= 11 is 0. The lowest BCUT2D eigenvalue weighted by Gasteiger charge is -2.37. The topological polar surface area (TPSA) is 24.1 Å². The standard InChI is InChI=1S/C15H23N2P/c1-10-8-15(2,3)16-9-18-14-13(10)11-6-4-5-7-12(11)17-14/h4-7,10,13-14,16-18H,8-9H2,1-3H3/t10?,13-,14-/m0/s1. The van der Waals surface area contributed by atoms with Gasteiger partial charge in [-0.15, -0.1) is 0 Å². The van der Waals surface area contributed by atoms with Crippen LogP contribution in [0.15, 0.2) is 24.3 Å². The highest BCUT2D eigenvalue weighted by Crippen LogP contribution is 2.49. The molecule has 2 aliphatic rings. The molecule has 2 N–H and O–H groups in total. The fourth-order valence-electron chi connectivity index (χ4n) is 3.57. The molecule has 0 aromatic heterocycles. The molecule has 1 aromatic rings. The number of rotatable bonds is 0. The highest BCUT2D eigenvalue weighted by Gasteiger charge is 2.39. The third-order valence-electron chi connectivity index (χ3n) is 4.32. The Kier molecular flexibility index (Phi) is 3.11. The molecule has 3 heteroatoms. The molecule has 18 heavy (non-hydrogen) atoms. The van der Waals surface area contributed by atoms with Gasteiger partial charge in [-0.2, -0.15) is 0 Å². The van der Waals surface area contributed by atoms with Gasteiger partial charge in [0.15, 0.2) is 0 Å². The first-order valence-electron chi connectivity index (χ1n) is 6.91. The van der Waals surface area contributed by atoms with E-state index in [1.165, 1.54) is 12.1 Å². The molecule has 0 amide bonds. The molecule has 2 aliphatic heterocycles. The van der Waals surface area contributed by atoms with Crippen LogP contribution in [0, 0.1) is 5.92 Å². The second kappa shape index (κ2) is 4.51. The summed E-state index contributed by atoms with van der Waals surface area (Å²) in [5.74, 6) is 2.06. The summed E-state index contributed by atoms with van der Waals surface area (Å²) in [5, 5.41) is 7.44. The summed E-state index contributed by atoms with van der Waals surface area (Å²) in [6.45, 7) is 7.09. The van der Waals surface area contributed by atoms with E-state index in [0.717, 1.165) is 20.8 Å². The molecule has 2 heterocycles. The van der Waals surface area contributed by atoms with Crippen molar-refractivity contribution in [1.29, 1.82) is 0 Å². The van der Waals surface area contributed by atoms with Crippen LogP contribution >= 0.6 is 8.58 Å². The maximum absolute atomic E-state index is 3.73. The van der Waals surface area contributed by atoms with Crippen molar-refractivity contribution >= 4 is 14.3 Å². The average molecular weight is 262 g/mol. The summed E-state index contributed by atoms with van der Waals surface area (Å²) < 4.78 is 0. The lowest BCUT2D eigenvalue weighted by molar-refractivity contribution is 0.289. The van der Waals surface area contributed by atoms with Crippen molar-refractivity contribution in [3.63, 3.8) is 0 Å². The van der Waals surface area contributed by atoms with Gasteiger partial charge < -0.3 is 10.6 Å². The zero-order valence-corrected chi connectivity index (χ0v) is 12.5. The molecule has 2 nitrogen and oxygen atoms in total. The summed E-state index contributed by atoms with van der Waals surface area (Å²) in [5.41, 5.74) is 3.18. The Labute approximate surface area is 112 Å². The fourth-order valence-corrected chi connectivity index (χ4v) is 5.39. The largest absolute Gasteiger partial charge is 0.378 e. The van der Waals surface area contributed by atoms with Crippen LogP contribution in [0.5, 0.6) is 0 Å². The van der Waals surface area contributed by atoms with Crippen molar-refractivity contribution in [1.82, 2.24) is 5.32 Å². The summed E-state index contributed by atoms with van der Waals surface area (Å²) in [6.07, 6.45) is 2.39. The molecule has 98 valence electrons. The van der Waals surface area contributed by atoms with Crippen molar-refractivity contribution in [2.24, 2.45) is 5.92 Å². The van der Waals surface area contributed by atoms with Gasteiger partial charge in [-0.1, -0.05) is 33.7 Å². The van der Waals surface area contributed by atoms with Crippen LogP contribution < -0.4 is 10.6 Å². The number of hydrogen-bond acceptors (Lipinski definition) is 2. The Hall–Kier alpha value is -0.590. The minimum atomic E-state index is 0.273. The third-order valence-corrected chi connectivity index (χ3v) is 5.65. The first-order chi connectivity index (χ1) is 8.57. The van der Waals surface area contributed by atoms with Gasteiger partial charge in [0, 0.05) is 23.4 Å². The maximum atomic E-state index is 3.73. The van der Waals surface area contributed by atoms with Gasteiger partial charge in [-0.25, -0.2) is 0 Å². The normalized spacial score (nSPS) is 35.2. The zero-order valence-electron chi connectivity index (χ0n) is 11.5.